The number of non-ortho nitro benzene ring substituents is 1. The zero-order valence-electron chi connectivity index (χ0n) is 13.0. The van der Waals surface area contributed by atoms with Crippen molar-refractivity contribution in [3.8, 4) is 22.9 Å². The van der Waals surface area contributed by atoms with Crippen LogP contribution in [-0.4, -0.2) is 28.6 Å². The molecule has 0 atom stereocenters. The Kier molecular flexibility index (Phi) is 4.39. The number of halogens is 1. The molecule has 7 nitrogen and oxygen atoms in total. The minimum Gasteiger partial charge on any atom is -0.493 e. The molecule has 0 radical (unpaired) electrons. The maximum Gasteiger partial charge on any atom is 0.271 e. The predicted molar refractivity (Wildman–Crippen MR) is 93.6 cm³/mol. The highest BCUT2D eigenvalue weighted by Crippen LogP contribution is 2.39. The molecule has 0 aliphatic heterocycles. The number of benzene rings is 2. The van der Waals surface area contributed by atoms with Crippen LogP contribution in [0, 0.1) is 10.1 Å². The van der Waals surface area contributed by atoms with Crippen LogP contribution >= 0.6 is 15.9 Å². The fraction of sp³-hybridized carbons (Fsp3) is 0.188. The van der Waals surface area contributed by atoms with Crippen LogP contribution in [-0.2, 0) is 0 Å². The fourth-order valence-electron chi connectivity index (χ4n) is 2.39. The quantitative estimate of drug-likeness (QED) is 0.516. The van der Waals surface area contributed by atoms with E-state index < -0.39 is 4.92 Å². The smallest absolute Gasteiger partial charge is 0.271 e. The van der Waals surface area contributed by atoms with Crippen molar-refractivity contribution in [3.05, 3.63) is 44.9 Å². The molecule has 3 aromatic rings. The SMILES string of the molecule is CCOc1c(Br)cc(-c2nc3ccc([N+](=O)[O-])cc3[nH]2)cc1OC. The number of H-pyrrole nitrogens is 1. The number of hydrogen-bond donors (Lipinski definition) is 1. The van der Waals surface area contributed by atoms with Gasteiger partial charge in [-0.05, 0) is 41.1 Å². The minimum atomic E-state index is -0.434. The van der Waals surface area contributed by atoms with Crippen molar-refractivity contribution in [2.75, 3.05) is 13.7 Å². The molecule has 8 heteroatoms. The maximum absolute atomic E-state index is 10.9. The van der Waals surface area contributed by atoms with Crippen molar-refractivity contribution in [1.82, 2.24) is 9.97 Å². The summed E-state index contributed by atoms with van der Waals surface area (Å²) in [7, 11) is 1.57. The van der Waals surface area contributed by atoms with E-state index in [-0.39, 0.29) is 5.69 Å². The molecule has 0 saturated carbocycles. The number of nitrogens with one attached hydrogen (secondary N) is 1. The monoisotopic (exact) mass is 391 g/mol. The highest BCUT2D eigenvalue weighted by molar-refractivity contribution is 9.10. The molecular weight excluding hydrogens is 378 g/mol. The zero-order chi connectivity index (χ0) is 17.3. The summed E-state index contributed by atoms with van der Waals surface area (Å²) in [5.74, 6) is 1.79. The molecule has 0 aliphatic rings. The highest BCUT2D eigenvalue weighted by atomic mass is 79.9. The summed E-state index contributed by atoms with van der Waals surface area (Å²) < 4.78 is 11.7. The third kappa shape index (κ3) is 2.92. The summed E-state index contributed by atoms with van der Waals surface area (Å²) in [5.41, 5.74) is 2.05. The Bertz CT molecular complexity index is 923. The van der Waals surface area contributed by atoms with Gasteiger partial charge in [-0.25, -0.2) is 4.98 Å². The van der Waals surface area contributed by atoms with Gasteiger partial charge in [-0.3, -0.25) is 10.1 Å². The Morgan fingerprint density at radius 1 is 1.33 bits per heavy atom. The van der Waals surface area contributed by atoms with Crippen LogP contribution in [0.3, 0.4) is 0 Å². The summed E-state index contributed by atoms with van der Waals surface area (Å²) in [6.45, 7) is 2.41. The molecule has 3 rings (SSSR count). The number of nitro benzene ring substituents is 1. The summed E-state index contributed by atoms with van der Waals surface area (Å²) >= 11 is 3.48. The molecule has 2 aromatic carbocycles. The van der Waals surface area contributed by atoms with Crippen molar-refractivity contribution in [2.45, 2.75) is 6.92 Å². The molecule has 0 spiro atoms. The molecule has 124 valence electrons. The lowest BCUT2D eigenvalue weighted by Gasteiger charge is -2.12. The van der Waals surface area contributed by atoms with Crippen molar-refractivity contribution in [1.29, 1.82) is 0 Å². The van der Waals surface area contributed by atoms with Crippen molar-refractivity contribution < 1.29 is 14.4 Å². The molecule has 0 bridgehead atoms. The zero-order valence-corrected chi connectivity index (χ0v) is 14.6. The largest absolute Gasteiger partial charge is 0.493 e. The standard InChI is InChI=1S/C16H14BrN3O4/c1-3-24-15-11(17)6-9(7-14(15)23-2)16-18-12-5-4-10(20(21)22)8-13(12)19-16/h4-8H,3H2,1-2H3,(H,18,19). The lowest BCUT2D eigenvalue weighted by molar-refractivity contribution is -0.384. The van der Waals surface area contributed by atoms with Crippen LogP contribution in [0.15, 0.2) is 34.8 Å². The number of nitrogens with zero attached hydrogens (tertiary/aromatic N) is 2. The van der Waals surface area contributed by atoms with Crippen molar-refractivity contribution in [2.24, 2.45) is 0 Å². The summed E-state index contributed by atoms with van der Waals surface area (Å²) in [6, 6.07) is 8.18. The molecule has 1 aromatic heterocycles. The van der Waals surface area contributed by atoms with Gasteiger partial charge in [0.1, 0.15) is 5.82 Å². The van der Waals surface area contributed by atoms with E-state index in [1.807, 2.05) is 19.1 Å². The van der Waals surface area contributed by atoms with Gasteiger partial charge in [0.15, 0.2) is 11.5 Å². The Hall–Kier alpha value is -2.61. The highest BCUT2D eigenvalue weighted by Gasteiger charge is 2.15. The first-order chi connectivity index (χ1) is 11.5. The molecule has 1 N–H and O–H groups in total. The van der Waals surface area contributed by atoms with E-state index in [0.717, 1.165) is 10.0 Å². The minimum absolute atomic E-state index is 0.0168. The second-order valence-corrected chi connectivity index (χ2v) is 5.82. The Balaban J connectivity index is 2.09. The van der Waals surface area contributed by atoms with Gasteiger partial charge in [0.25, 0.3) is 5.69 Å². The van der Waals surface area contributed by atoms with Gasteiger partial charge in [-0.2, -0.15) is 0 Å². The third-order valence-corrected chi connectivity index (χ3v) is 4.06. The molecule has 0 aliphatic carbocycles. The summed E-state index contributed by atoms with van der Waals surface area (Å²) in [4.78, 5) is 18.0. The van der Waals surface area contributed by atoms with Gasteiger partial charge in [0, 0.05) is 17.7 Å². The number of imidazole rings is 1. The number of ether oxygens (including phenoxy) is 2. The summed E-state index contributed by atoms with van der Waals surface area (Å²) in [5, 5.41) is 10.9. The van der Waals surface area contributed by atoms with Crippen molar-refractivity contribution >= 4 is 32.7 Å². The average Bonchev–Trinajstić information content (AvgIpc) is 2.99. The van der Waals surface area contributed by atoms with Gasteiger partial charge in [-0.1, -0.05) is 0 Å². The molecule has 0 fully saturated rings. The van der Waals surface area contributed by atoms with E-state index in [9.17, 15) is 10.1 Å². The van der Waals surface area contributed by atoms with Crippen LogP contribution < -0.4 is 9.47 Å². The molecule has 0 amide bonds. The van der Waals surface area contributed by atoms with Gasteiger partial charge < -0.3 is 14.5 Å². The Morgan fingerprint density at radius 3 is 2.79 bits per heavy atom. The molecule has 24 heavy (non-hydrogen) atoms. The van der Waals surface area contributed by atoms with Crippen molar-refractivity contribution in [3.63, 3.8) is 0 Å². The second-order valence-electron chi connectivity index (χ2n) is 4.97. The van der Waals surface area contributed by atoms with Crippen LogP contribution in [0.2, 0.25) is 0 Å². The van der Waals surface area contributed by atoms with Crippen LogP contribution in [0.5, 0.6) is 11.5 Å². The van der Waals surface area contributed by atoms with E-state index in [2.05, 4.69) is 25.9 Å². The van der Waals surface area contributed by atoms with E-state index >= 15 is 0 Å². The van der Waals surface area contributed by atoms with Crippen LogP contribution in [0.4, 0.5) is 5.69 Å². The topological polar surface area (TPSA) is 90.3 Å². The second kappa shape index (κ2) is 6.48. The molecule has 1 heterocycles. The Morgan fingerprint density at radius 2 is 2.12 bits per heavy atom. The maximum atomic E-state index is 10.9. The van der Waals surface area contributed by atoms with Gasteiger partial charge in [0.2, 0.25) is 0 Å². The number of aromatic nitrogens is 2. The number of aromatic amines is 1. The van der Waals surface area contributed by atoms with Crippen LogP contribution in [0.25, 0.3) is 22.4 Å². The van der Waals surface area contributed by atoms with Gasteiger partial charge in [-0.15, -0.1) is 0 Å². The van der Waals surface area contributed by atoms with E-state index in [4.69, 9.17) is 9.47 Å². The molecule has 0 saturated heterocycles. The number of hydrogen-bond acceptors (Lipinski definition) is 5. The third-order valence-electron chi connectivity index (χ3n) is 3.47. The van der Waals surface area contributed by atoms with Gasteiger partial charge in [0.05, 0.1) is 34.1 Å². The average molecular weight is 392 g/mol. The molecular formula is C16H14BrN3O4. The number of methoxy groups -OCH3 is 1. The number of rotatable bonds is 5. The lowest BCUT2D eigenvalue weighted by Crippen LogP contribution is -1.97. The normalized spacial score (nSPS) is 10.8. The first-order valence-electron chi connectivity index (χ1n) is 7.18. The number of nitro groups is 1. The van der Waals surface area contributed by atoms with E-state index in [1.54, 1.807) is 13.2 Å². The Labute approximate surface area is 145 Å². The van der Waals surface area contributed by atoms with E-state index in [1.165, 1.54) is 12.1 Å². The fourth-order valence-corrected chi connectivity index (χ4v) is 2.95. The lowest BCUT2D eigenvalue weighted by atomic mass is 10.2. The predicted octanol–water partition coefficient (Wildman–Crippen LogP) is 4.31. The number of fused-ring (bicyclic) bond motifs is 1. The van der Waals surface area contributed by atoms with Gasteiger partial charge >= 0.3 is 0 Å². The van der Waals surface area contributed by atoms with Crippen LogP contribution in [0.1, 0.15) is 6.92 Å². The molecule has 0 unspecified atom stereocenters. The summed E-state index contributed by atoms with van der Waals surface area (Å²) in [6.07, 6.45) is 0. The van der Waals surface area contributed by atoms with E-state index in [0.29, 0.717) is 35.0 Å². The first kappa shape index (κ1) is 16.3. The first-order valence-corrected chi connectivity index (χ1v) is 7.97.